The van der Waals surface area contributed by atoms with E-state index in [4.69, 9.17) is 0 Å². The second kappa shape index (κ2) is 10.1. The van der Waals surface area contributed by atoms with Crippen molar-refractivity contribution < 1.29 is 9.72 Å². The van der Waals surface area contributed by atoms with E-state index >= 15 is 0 Å². The smallest absolute Gasteiger partial charge is 0.293 e. The van der Waals surface area contributed by atoms with Gasteiger partial charge in [-0.05, 0) is 50.2 Å². The quantitative estimate of drug-likeness (QED) is 0.292. The Labute approximate surface area is 200 Å². The number of nitrogens with zero attached hydrogens (tertiary/aromatic N) is 4. The van der Waals surface area contributed by atoms with E-state index in [-0.39, 0.29) is 35.1 Å². The number of benzene rings is 2. The van der Waals surface area contributed by atoms with Crippen LogP contribution in [-0.2, 0) is 6.54 Å². The predicted octanol–water partition coefficient (Wildman–Crippen LogP) is 4.06. The van der Waals surface area contributed by atoms with Crippen molar-refractivity contribution in [1.82, 2.24) is 19.9 Å². The molecule has 1 unspecified atom stereocenters. The maximum Gasteiger partial charge on any atom is 0.293 e. The summed E-state index contributed by atoms with van der Waals surface area (Å²) in [5.74, 6) is -0.0726. The summed E-state index contributed by atoms with van der Waals surface area (Å²) >= 11 is 0. The number of nitro groups is 1. The Balaban J connectivity index is 1.58. The molecule has 2 N–H and O–H groups in total. The van der Waals surface area contributed by atoms with Crippen molar-refractivity contribution in [2.45, 2.75) is 26.4 Å². The van der Waals surface area contributed by atoms with Crippen LogP contribution >= 0.6 is 0 Å². The highest BCUT2D eigenvalue weighted by Gasteiger charge is 2.22. The molecule has 0 aliphatic heterocycles. The second-order valence-electron chi connectivity index (χ2n) is 7.96. The van der Waals surface area contributed by atoms with Gasteiger partial charge in [0.2, 0.25) is 0 Å². The van der Waals surface area contributed by atoms with E-state index in [1.165, 1.54) is 17.0 Å². The Hall–Kier alpha value is -4.60. The monoisotopic (exact) mass is 472 g/mol. The molecule has 2 aromatic carbocycles. The fraction of sp³-hybridized carbons (Fsp3) is 0.200. The summed E-state index contributed by atoms with van der Waals surface area (Å²) in [4.78, 5) is 49.7. The van der Waals surface area contributed by atoms with Crippen molar-refractivity contribution in [2.75, 3.05) is 11.9 Å². The summed E-state index contributed by atoms with van der Waals surface area (Å²) in [5.41, 5.74) is 1.21. The van der Waals surface area contributed by atoms with Crippen LogP contribution in [0, 0.1) is 10.1 Å². The lowest BCUT2D eigenvalue weighted by atomic mass is 10.1. The zero-order valence-electron chi connectivity index (χ0n) is 19.3. The van der Waals surface area contributed by atoms with Crippen molar-refractivity contribution in [2.24, 2.45) is 0 Å². The molecule has 2 aromatic heterocycles. The number of carbonyl (C=O) groups is 1. The van der Waals surface area contributed by atoms with Gasteiger partial charge in [0.15, 0.2) is 0 Å². The number of hydrogen-bond acceptors (Lipinski definition) is 7. The number of aromatic amines is 1. The zero-order valence-corrected chi connectivity index (χ0v) is 19.3. The molecule has 178 valence electrons. The van der Waals surface area contributed by atoms with Crippen LogP contribution in [-0.4, -0.2) is 37.2 Å². The summed E-state index contributed by atoms with van der Waals surface area (Å²) in [5, 5.41) is 15.3. The second-order valence-corrected chi connectivity index (χ2v) is 7.96. The van der Waals surface area contributed by atoms with Crippen LogP contribution in [0.4, 0.5) is 11.4 Å². The molecular formula is C25H24N6O4. The molecule has 4 aromatic rings. The van der Waals surface area contributed by atoms with Crippen LogP contribution < -0.4 is 10.9 Å². The minimum Gasteiger partial charge on any atom is -0.371 e. The number of amides is 1. The van der Waals surface area contributed by atoms with E-state index in [9.17, 15) is 19.7 Å². The third kappa shape index (κ3) is 5.16. The predicted molar refractivity (Wildman–Crippen MR) is 132 cm³/mol. The minimum atomic E-state index is -0.525. The molecule has 35 heavy (non-hydrogen) atoms. The number of hydrogen-bond donors (Lipinski definition) is 2. The van der Waals surface area contributed by atoms with Crippen molar-refractivity contribution in [1.29, 1.82) is 0 Å². The molecule has 0 saturated carbocycles. The number of anilines is 1. The van der Waals surface area contributed by atoms with Crippen molar-refractivity contribution in [3.63, 3.8) is 0 Å². The van der Waals surface area contributed by atoms with Gasteiger partial charge in [0.1, 0.15) is 11.5 Å². The average molecular weight is 473 g/mol. The molecule has 0 bridgehead atoms. The Bertz CT molecular complexity index is 1440. The van der Waals surface area contributed by atoms with E-state index in [1.807, 2.05) is 19.1 Å². The molecular weight excluding hydrogens is 448 g/mol. The van der Waals surface area contributed by atoms with Crippen LogP contribution in [0.5, 0.6) is 0 Å². The molecule has 0 fully saturated rings. The molecule has 4 rings (SSSR count). The highest BCUT2D eigenvalue weighted by atomic mass is 16.6. The normalized spacial score (nSPS) is 11.7. The van der Waals surface area contributed by atoms with Crippen molar-refractivity contribution in [3.8, 4) is 0 Å². The van der Waals surface area contributed by atoms with Gasteiger partial charge in [-0.15, -0.1) is 0 Å². The van der Waals surface area contributed by atoms with Crippen LogP contribution in [0.15, 0.2) is 71.7 Å². The number of aromatic nitrogens is 3. The van der Waals surface area contributed by atoms with Gasteiger partial charge in [-0.3, -0.25) is 24.7 Å². The largest absolute Gasteiger partial charge is 0.371 e. The van der Waals surface area contributed by atoms with E-state index in [1.54, 1.807) is 49.5 Å². The van der Waals surface area contributed by atoms with Gasteiger partial charge in [-0.1, -0.05) is 18.2 Å². The molecule has 0 radical (unpaired) electrons. The molecule has 0 aliphatic carbocycles. The van der Waals surface area contributed by atoms with Gasteiger partial charge in [0.25, 0.3) is 17.2 Å². The summed E-state index contributed by atoms with van der Waals surface area (Å²) in [6, 6.07) is 16.4. The van der Waals surface area contributed by atoms with Crippen LogP contribution in [0.2, 0.25) is 0 Å². The Morgan fingerprint density at radius 2 is 1.94 bits per heavy atom. The molecule has 1 atom stereocenters. The minimum absolute atomic E-state index is 0.0555. The van der Waals surface area contributed by atoms with Gasteiger partial charge in [-0.25, -0.2) is 4.98 Å². The number of pyridine rings is 1. The van der Waals surface area contributed by atoms with Gasteiger partial charge in [0, 0.05) is 24.4 Å². The van der Waals surface area contributed by atoms with E-state index < -0.39 is 10.8 Å². The molecule has 10 nitrogen and oxygen atoms in total. The molecule has 1 amide bonds. The average Bonchev–Trinajstić information content (AvgIpc) is 2.87. The Kier molecular flexibility index (Phi) is 6.81. The first-order valence-electron chi connectivity index (χ1n) is 11.1. The lowest BCUT2D eigenvalue weighted by molar-refractivity contribution is -0.384. The summed E-state index contributed by atoms with van der Waals surface area (Å²) in [6.45, 7) is 4.01. The molecule has 0 saturated heterocycles. The first-order valence-corrected chi connectivity index (χ1v) is 11.1. The van der Waals surface area contributed by atoms with Crippen LogP contribution in [0.1, 0.15) is 41.8 Å². The number of nitro benzene ring substituents is 1. The SMILES string of the molecule is CCN(Cc1nc2ccccc2c(=O)[nH]1)C(=O)c1ccc(NC(C)c2ccccn2)c([N+](=O)[O-])c1. The number of nitrogens with one attached hydrogen (secondary N) is 2. The molecule has 0 spiro atoms. The lowest BCUT2D eigenvalue weighted by Crippen LogP contribution is -2.32. The molecule has 10 heteroatoms. The topological polar surface area (TPSA) is 134 Å². The van der Waals surface area contributed by atoms with E-state index in [0.29, 0.717) is 23.3 Å². The first-order chi connectivity index (χ1) is 16.9. The number of rotatable bonds is 8. The summed E-state index contributed by atoms with van der Waals surface area (Å²) in [7, 11) is 0. The van der Waals surface area contributed by atoms with Gasteiger partial charge in [-0.2, -0.15) is 0 Å². The first kappa shape index (κ1) is 23.6. The fourth-order valence-corrected chi connectivity index (χ4v) is 3.78. The summed E-state index contributed by atoms with van der Waals surface area (Å²) in [6.07, 6.45) is 1.65. The maximum atomic E-state index is 13.2. The number of carbonyl (C=O) groups excluding carboxylic acids is 1. The van der Waals surface area contributed by atoms with Crippen molar-refractivity contribution >= 4 is 28.2 Å². The van der Waals surface area contributed by atoms with Gasteiger partial charge in [0.05, 0.1) is 34.1 Å². The highest BCUT2D eigenvalue weighted by Crippen LogP contribution is 2.29. The number of para-hydroxylation sites is 1. The zero-order chi connectivity index (χ0) is 24.9. The number of H-pyrrole nitrogens is 1. The van der Waals surface area contributed by atoms with Gasteiger partial charge < -0.3 is 15.2 Å². The molecule has 0 aliphatic rings. The third-order valence-electron chi connectivity index (χ3n) is 5.62. The number of fused-ring (bicyclic) bond motifs is 1. The van der Waals surface area contributed by atoms with Crippen LogP contribution in [0.25, 0.3) is 10.9 Å². The maximum absolute atomic E-state index is 13.2. The van der Waals surface area contributed by atoms with Crippen LogP contribution in [0.3, 0.4) is 0 Å². The van der Waals surface area contributed by atoms with Gasteiger partial charge >= 0.3 is 0 Å². The van der Waals surface area contributed by atoms with E-state index in [2.05, 4.69) is 20.3 Å². The summed E-state index contributed by atoms with van der Waals surface area (Å²) < 4.78 is 0. The highest BCUT2D eigenvalue weighted by molar-refractivity contribution is 5.95. The Morgan fingerprint density at radius 3 is 2.66 bits per heavy atom. The van der Waals surface area contributed by atoms with Crippen molar-refractivity contribution in [3.05, 3.63) is 104 Å². The molecule has 2 heterocycles. The van der Waals surface area contributed by atoms with E-state index in [0.717, 1.165) is 5.69 Å². The standard InChI is InChI=1S/C25H24N6O4/c1-3-30(15-23-28-20-10-5-4-8-18(20)24(32)29-23)25(33)17-11-12-21(22(14-17)31(34)35)27-16(2)19-9-6-7-13-26-19/h4-14,16,27H,3,15H2,1-2H3,(H,28,29,32). The third-order valence-corrected chi connectivity index (χ3v) is 5.62. The fourth-order valence-electron chi connectivity index (χ4n) is 3.78. The Morgan fingerprint density at radius 1 is 1.17 bits per heavy atom. The lowest BCUT2D eigenvalue weighted by Gasteiger charge is -2.21.